The van der Waals surface area contributed by atoms with Crippen molar-refractivity contribution < 1.29 is 14.6 Å². The van der Waals surface area contributed by atoms with Crippen molar-refractivity contribution in [3.8, 4) is 22.8 Å². The molecule has 6 heteroatoms. The first kappa shape index (κ1) is 20.2. The predicted molar refractivity (Wildman–Crippen MR) is 121 cm³/mol. The molecular weight excluding hydrogens is 396 g/mol. The second kappa shape index (κ2) is 9.13. The summed E-state index contributed by atoms with van der Waals surface area (Å²) < 4.78 is 8.13. The normalized spacial score (nSPS) is 12.2. The molecule has 154 valence electrons. The summed E-state index contributed by atoms with van der Waals surface area (Å²) in [6, 6.07) is 18.2. The average molecular weight is 421 g/mol. The van der Waals surface area contributed by atoms with Crippen LogP contribution in [0.3, 0.4) is 0 Å². The SMILES string of the molecule is CC(CCCCOc1ccc2nc(-c3ccccc3)n(-c3ccsc3)c2c1)C(=O)O. The first-order valence-electron chi connectivity index (χ1n) is 10.1. The smallest absolute Gasteiger partial charge is 0.306 e. The number of aliphatic carboxylic acids is 1. The van der Waals surface area contributed by atoms with Gasteiger partial charge >= 0.3 is 5.97 Å². The number of carboxylic acid groups (broad SMARTS) is 1. The molecule has 0 saturated carbocycles. The first-order valence-corrected chi connectivity index (χ1v) is 11.0. The number of nitrogens with zero attached hydrogens (tertiary/aromatic N) is 2. The van der Waals surface area contributed by atoms with E-state index in [2.05, 4.69) is 33.5 Å². The van der Waals surface area contributed by atoms with E-state index in [1.807, 2.05) is 36.4 Å². The van der Waals surface area contributed by atoms with Crippen LogP contribution in [0.15, 0.2) is 65.4 Å². The fourth-order valence-electron chi connectivity index (χ4n) is 3.44. The Kier molecular flexibility index (Phi) is 6.14. The minimum absolute atomic E-state index is 0.308. The van der Waals surface area contributed by atoms with Crippen LogP contribution in [0.5, 0.6) is 5.75 Å². The van der Waals surface area contributed by atoms with Gasteiger partial charge in [-0.2, -0.15) is 11.3 Å². The summed E-state index contributed by atoms with van der Waals surface area (Å²) in [7, 11) is 0. The Morgan fingerprint density at radius 1 is 1.17 bits per heavy atom. The maximum absolute atomic E-state index is 10.9. The Morgan fingerprint density at radius 2 is 2.00 bits per heavy atom. The number of thiophene rings is 1. The summed E-state index contributed by atoms with van der Waals surface area (Å²) >= 11 is 1.66. The molecule has 0 amide bonds. The van der Waals surface area contributed by atoms with E-state index >= 15 is 0 Å². The van der Waals surface area contributed by atoms with E-state index in [0.717, 1.165) is 46.7 Å². The predicted octanol–water partition coefficient (Wildman–Crippen LogP) is 6.02. The van der Waals surface area contributed by atoms with E-state index in [1.54, 1.807) is 18.3 Å². The lowest BCUT2D eigenvalue weighted by molar-refractivity contribution is -0.141. The van der Waals surface area contributed by atoms with Crippen molar-refractivity contribution in [3.05, 3.63) is 65.4 Å². The van der Waals surface area contributed by atoms with Gasteiger partial charge in [0.25, 0.3) is 0 Å². The zero-order valence-corrected chi connectivity index (χ0v) is 17.6. The summed E-state index contributed by atoms with van der Waals surface area (Å²) in [6.45, 7) is 2.31. The van der Waals surface area contributed by atoms with Gasteiger partial charge in [-0.05, 0) is 42.8 Å². The maximum Gasteiger partial charge on any atom is 0.306 e. The number of ether oxygens (including phenoxy) is 1. The van der Waals surface area contributed by atoms with Gasteiger partial charge in [0.15, 0.2) is 0 Å². The molecule has 5 nitrogen and oxygen atoms in total. The summed E-state index contributed by atoms with van der Waals surface area (Å²) in [5.41, 5.74) is 4.07. The zero-order chi connectivity index (χ0) is 20.9. The molecule has 0 radical (unpaired) electrons. The van der Waals surface area contributed by atoms with Crippen LogP contribution in [0.4, 0.5) is 0 Å². The Hall–Kier alpha value is -3.12. The molecule has 2 aromatic carbocycles. The standard InChI is InChI=1S/C24H24N2O3S/c1-17(24(27)28)7-5-6-13-29-20-10-11-21-22(15-20)26(19-12-14-30-16-19)23(25-21)18-8-3-2-4-9-18/h2-4,8-12,14-17H,5-7,13H2,1H3,(H,27,28). The van der Waals surface area contributed by atoms with Crippen LogP contribution < -0.4 is 4.74 Å². The van der Waals surface area contributed by atoms with Crippen LogP contribution in [-0.2, 0) is 4.79 Å². The van der Waals surface area contributed by atoms with Crippen LogP contribution in [0, 0.1) is 5.92 Å². The van der Waals surface area contributed by atoms with Gasteiger partial charge in [0.1, 0.15) is 11.6 Å². The third-order valence-corrected chi connectivity index (χ3v) is 5.81. The number of unbranched alkanes of at least 4 members (excludes halogenated alkanes) is 1. The van der Waals surface area contributed by atoms with Gasteiger partial charge in [0, 0.05) is 17.0 Å². The van der Waals surface area contributed by atoms with Crippen LogP contribution in [0.1, 0.15) is 26.2 Å². The van der Waals surface area contributed by atoms with Gasteiger partial charge in [0.2, 0.25) is 0 Å². The Bertz CT molecular complexity index is 1120. The number of carboxylic acids is 1. The van der Waals surface area contributed by atoms with Gasteiger partial charge in [0.05, 0.1) is 29.2 Å². The molecule has 0 spiro atoms. The third-order valence-electron chi connectivity index (χ3n) is 5.14. The van der Waals surface area contributed by atoms with Crippen molar-refractivity contribution in [3.63, 3.8) is 0 Å². The molecule has 2 aromatic heterocycles. The van der Waals surface area contributed by atoms with Crippen molar-refractivity contribution in [2.24, 2.45) is 5.92 Å². The fraction of sp³-hybridized carbons (Fsp3) is 0.250. The largest absolute Gasteiger partial charge is 0.494 e. The summed E-state index contributed by atoms with van der Waals surface area (Å²) in [4.78, 5) is 15.8. The lowest BCUT2D eigenvalue weighted by Gasteiger charge is -2.10. The molecule has 0 aliphatic heterocycles. The number of aromatic nitrogens is 2. The average Bonchev–Trinajstić information content (AvgIpc) is 3.41. The third kappa shape index (κ3) is 4.39. The molecule has 2 heterocycles. The number of rotatable bonds is 9. The fourth-order valence-corrected chi connectivity index (χ4v) is 4.06. The van der Waals surface area contributed by atoms with Crippen LogP contribution in [0.2, 0.25) is 0 Å². The Balaban J connectivity index is 1.56. The highest BCUT2D eigenvalue weighted by Gasteiger charge is 2.15. The van der Waals surface area contributed by atoms with E-state index in [1.165, 1.54) is 0 Å². The lowest BCUT2D eigenvalue weighted by atomic mass is 10.1. The van der Waals surface area contributed by atoms with E-state index in [4.69, 9.17) is 14.8 Å². The molecule has 0 saturated heterocycles. The molecule has 4 aromatic rings. The van der Waals surface area contributed by atoms with E-state index in [-0.39, 0.29) is 5.92 Å². The Labute approximate surface area is 179 Å². The number of carbonyl (C=O) groups is 1. The molecule has 4 rings (SSSR count). The molecule has 1 N–H and O–H groups in total. The van der Waals surface area contributed by atoms with Crippen LogP contribution >= 0.6 is 11.3 Å². The Morgan fingerprint density at radius 3 is 2.73 bits per heavy atom. The van der Waals surface area contributed by atoms with Gasteiger partial charge in [-0.15, -0.1) is 0 Å². The molecule has 1 unspecified atom stereocenters. The maximum atomic E-state index is 10.9. The van der Waals surface area contributed by atoms with Crippen LogP contribution in [-0.4, -0.2) is 27.2 Å². The molecule has 0 aliphatic rings. The molecule has 0 fully saturated rings. The molecular formula is C24H24N2O3S. The van der Waals surface area contributed by atoms with Crippen molar-refractivity contribution >= 4 is 28.3 Å². The number of hydrogen-bond donors (Lipinski definition) is 1. The van der Waals surface area contributed by atoms with E-state index in [9.17, 15) is 4.79 Å². The van der Waals surface area contributed by atoms with Gasteiger partial charge in [-0.1, -0.05) is 37.3 Å². The van der Waals surface area contributed by atoms with Gasteiger partial charge < -0.3 is 9.84 Å². The number of hydrogen-bond acceptors (Lipinski definition) is 4. The minimum atomic E-state index is -0.739. The minimum Gasteiger partial charge on any atom is -0.494 e. The lowest BCUT2D eigenvalue weighted by Crippen LogP contribution is -2.09. The van der Waals surface area contributed by atoms with Crippen molar-refractivity contribution in [2.75, 3.05) is 6.61 Å². The summed E-state index contributed by atoms with van der Waals surface area (Å²) in [5, 5.41) is 13.1. The molecule has 30 heavy (non-hydrogen) atoms. The molecule has 0 bridgehead atoms. The highest BCUT2D eigenvalue weighted by atomic mass is 32.1. The molecule has 1 atom stereocenters. The molecule has 0 aliphatic carbocycles. The van der Waals surface area contributed by atoms with Gasteiger partial charge in [-0.25, -0.2) is 4.98 Å². The quantitative estimate of drug-likeness (QED) is 0.336. The topological polar surface area (TPSA) is 64.4 Å². The number of imidazole rings is 1. The monoisotopic (exact) mass is 420 g/mol. The summed E-state index contributed by atoms with van der Waals surface area (Å²) in [6.07, 6.45) is 2.33. The second-order valence-corrected chi connectivity index (χ2v) is 8.13. The zero-order valence-electron chi connectivity index (χ0n) is 16.8. The van der Waals surface area contributed by atoms with E-state index in [0.29, 0.717) is 13.0 Å². The summed E-state index contributed by atoms with van der Waals surface area (Å²) in [5.74, 6) is 0.656. The number of fused-ring (bicyclic) bond motifs is 1. The number of benzene rings is 2. The first-order chi connectivity index (χ1) is 14.6. The van der Waals surface area contributed by atoms with Crippen LogP contribution in [0.25, 0.3) is 28.1 Å². The van der Waals surface area contributed by atoms with Gasteiger partial charge in [-0.3, -0.25) is 9.36 Å². The highest BCUT2D eigenvalue weighted by molar-refractivity contribution is 7.08. The van der Waals surface area contributed by atoms with Crippen molar-refractivity contribution in [2.45, 2.75) is 26.2 Å². The van der Waals surface area contributed by atoms with E-state index < -0.39 is 5.97 Å². The van der Waals surface area contributed by atoms with Crippen molar-refractivity contribution in [1.82, 2.24) is 9.55 Å². The van der Waals surface area contributed by atoms with Crippen molar-refractivity contribution in [1.29, 1.82) is 0 Å². The highest BCUT2D eigenvalue weighted by Crippen LogP contribution is 2.31. The second-order valence-electron chi connectivity index (χ2n) is 7.35.